The number of fused-ring (bicyclic) bond motifs is 1. The minimum atomic E-state index is -0.442. The molecule has 4 nitrogen and oxygen atoms in total. The van der Waals surface area contributed by atoms with Gasteiger partial charge < -0.3 is 15.4 Å². The highest BCUT2D eigenvalue weighted by Crippen LogP contribution is 2.19. The Bertz CT molecular complexity index is 492. The maximum atomic E-state index is 12.1. The number of nitrogens with two attached hydrogens (primary N) is 1. The summed E-state index contributed by atoms with van der Waals surface area (Å²) in [5.74, 6) is 0. The quantitative estimate of drug-likeness (QED) is 0.857. The van der Waals surface area contributed by atoms with Gasteiger partial charge in [-0.05, 0) is 50.3 Å². The number of carbonyl (C=O) groups excluding carboxylic acids is 1. The summed E-state index contributed by atoms with van der Waals surface area (Å²) in [6, 6.07) is 6.37. The largest absolute Gasteiger partial charge is 0.444 e. The summed E-state index contributed by atoms with van der Waals surface area (Å²) in [4.78, 5) is 13.9. The van der Waals surface area contributed by atoms with Crippen LogP contribution in [0.25, 0.3) is 0 Å². The van der Waals surface area contributed by atoms with Crippen molar-refractivity contribution in [3.05, 3.63) is 34.9 Å². The molecule has 1 aliphatic heterocycles. The van der Waals surface area contributed by atoms with Crippen molar-refractivity contribution in [2.75, 3.05) is 13.1 Å². The summed E-state index contributed by atoms with van der Waals surface area (Å²) in [7, 11) is 0. The molecule has 4 heteroatoms. The van der Waals surface area contributed by atoms with Crippen molar-refractivity contribution in [3.63, 3.8) is 0 Å². The first-order valence-electron chi connectivity index (χ1n) is 7.18. The summed E-state index contributed by atoms with van der Waals surface area (Å²) in [5.41, 5.74) is 9.01. The molecule has 0 spiro atoms. The van der Waals surface area contributed by atoms with Crippen LogP contribution in [0.1, 0.15) is 37.5 Å². The van der Waals surface area contributed by atoms with Crippen LogP contribution in [0.15, 0.2) is 18.2 Å². The number of carbonyl (C=O) groups is 1. The van der Waals surface area contributed by atoms with Gasteiger partial charge in [-0.3, -0.25) is 0 Å². The molecule has 2 rings (SSSR count). The van der Waals surface area contributed by atoms with E-state index in [1.165, 1.54) is 11.1 Å². The van der Waals surface area contributed by atoms with Gasteiger partial charge in [0.05, 0.1) is 0 Å². The predicted octanol–water partition coefficient (Wildman–Crippen LogP) is 2.48. The van der Waals surface area contributed by atoms with Crippen LogP contribution in [0.2, 0.25) is 0 Å². The van der Waals surface area contributed by atoms with E-state index in [2.05, 4.69) is 18.2 Å². The van der Waals surface area contributed by atoms with E-state index in [0.717, 1.165) is 18.4 Å². The van der Waals surface area contributed by atoms with Gasteiger partial charge in [0, 0.05) is 19.6 Å². The molecule has 0 bridgehead atoms. The maximum Gasteiger partial charge on any atom is 0.410 e. The Morgan fingerprint density at radius 1 is 1.25 bits per heavy atom. The number of ether oxygens (including phenoxy) is 1. The van der Waals surface area contributed by atoms with Crippen molar-refractivity contribution in [2.45, 2.75) is 45.8 Å². The van der Waals surface area contributed by atoms with Gasteiger partial charge in [-0.2, -0.15) is 0 Å². The molecule has 1 amide bonds. The van der Waals surface area contributed by atoms with Crippen molar-refractivity contribution in [2.24, 2.45) is 5.73 Å². The molecule has 0 aliphatic carbocycles. The second-order valence-corrected chi connectivity index (χ2v) is 6.27. The second-order valence-electron chi connectivity index (χ2n) is 6.27. The first kappa shape index (κ1) is 14.9. The summed E-state index contributed by atoms with van der Waals surface area (Å²) in [6.45, 7) is 7.66. The first-order valence-corrected chi connectivity index (χ1v) is 7.18. The number of amides is 1. The average Bonchev–Trinajstić information content (AvgIpc) is 2.58. The van der Waals surface area contributed by atoms with Gasteiger partial charge >= 0.3 is 6.09 Å². The zero-order valence-corrected chi connectivity index (χ0v) is 12.6. The molecule has 1 heterocycles. The van der Waals surface area contributed by atoms with Crippen LogP contribution >= 0.6 is 0 Å². The smallest absolute Gasteiger partial charge is 0.410 e. The normalized spacial score (nSPS) is 15.5. The maximum absolute atomic E-state index is 12.1. The Balaban J connectivity index is 2.06. The molecule has 1 aliphatic rings. The zero-order chi connectivity index (χ0) is 14.8. The molecule has 0 saturated heterocycles. The molecule has 1 aromatic rings. The van der Waals surface area contributed by atoms with Crippen molar-refractivity contribution in [1.82, 2.24) is 4.90 Å². The van der Waals surface area contributed by atoms with Gasteiger partial charge in [0.2, 0.25) is 0 Å². The number of rotatable bonds is 1. The topological polar surface area (TPSA) is 55.6 Å². The van der Waals surface area contributed by atoms with E-state index in [0.29, 0.717) is 19.6 Å². The Labute approximate surface area is 120 Å². The Kier molecular flexibility index (Phi) is 4.33. The van der Waals surface area contributed by atoms with Crippen LogP contribution in [0.3, 0.4) is 0 Å². The monoisotopic (exact) mass is 276 g/mol. The van der Waals surface area contributed by atoms with Gasteiger partial charge in [-0.15, -0.1) is 0 Å². The Morgan fingerprint density at radius 3 is 2.50 bits per heavy atom. The molecule has 0 aromatic heterocycles. The lowest BCUT2D eigenvalue weighted by atomic mass is 10.0. The highest BCUT2D eigenvalue weighted by atomic mass is 16.6. The molecule has 0 fully saturated rings. The number of benzene rings is 1. The Hall–Kier alpha value is -1.55. The highest BCUT2D eigenvalue weighted by molar-refractivity contribution is 5.68. The molecule has 2 N–H and O–H groups in total. The predicted molar refractivity (Wildman–Crippen MR) is 79.5 cm³/mol. The minimum Gasteiger partial charge on any atom is -0.444 e. The molecule has 0 radical (unpaired) electrons. The van der Waals surface area contributed by atoms with E-state index in [4.69, 9.17) is 10.5 Å². The Morgan fingerprint density at radius 2 is 1.90 bits per heavy atom. The summed E-state index contributed by atoms with van der Waals surface area (Å²) >= 11 is 0. The summed E-state index contributed by atoms with van der Waals surface area (Å²) < 4.78 is 5.44. The molecule has 20 heavy (non-hydrogen) atoms. The fraction of sp³-hybridized carbons (Fsp3) is 0.562. The van der Waals surface area contributed by atoms with Crippen LogP contribution in [-0.2, 0) is 24.1 Å². The van der Waals surface area contributed by atoms with Crippen LogP contribution in [0.5, 0.6) is 0 Å². The fourth-order valence-electron chi connectivity index (χ4n) is 2.41. The summed E-state index contributed by atoms with van der Waals surface area (Å²) in [5, 5.41) is 0. The van der Waals surface area contributed by atoms with E-state index in [1.807, 2.05) is 20.8 Å². The number of hydrogen-bond acceptors (Lipinski definition) is 3. The van der Waals surface area contributed by atoms with Gasteiger partial charge in [0.15, 0.2) is 0 Å². The lowest BCUT2D eigenvalue weighted by Gasteiger charge is -2.26. The van der Waals surface area contributed by atoms with Crippen LogP contribution in [0.4, 0.5) is 4.79 Å². The molecular formula is C16H24N2O2. The van der Waals surface area contributed by atoms with Crippen molar-refractivity contribution in [1.29, 1.82) is 0 Å². The standard InChI is InChI=1S/C16H24N2O2/c1-16(2,3)20-15(19)18-8-6-13-5-4-12(11-17)10-14(13)7-9-18/h4-5,10H,6-9,11,17H2,1-3H3. The molecule has 1 aromatic carbocycles. The fourth-order valence-corrected chi connectivity index (χ4v) is 2.41. The van der Waals surface area contributed by atoms with E-state index >= 15 is 0 Å². The second kappa shape index (κ2) is 5.83. The average molecular weight is 276 g/mol. The highest BCUT2D eigenvalue weighted by Gasteiger charge is 2.24. The van der Waals surface area contributed by atoms with Crippen LogP contribution in [-0.4, -0.2) is 29.7 Å². The minimum absolute atomic E-state index is 0.218. The lowest BCUT2D eigenvalue weighted by molar-refractivity contribution is 0.0258. The number of hydrogen-bond donors (Lipinski definition) is 1. The molecule has 0 saturated carbocycles. The van der Waals surface area contributed by atoms with Crippen LogP contribution < -0.4 is 5.73 Å². The van der Waals surface area contributed by atoms with Gasteiger partial charge in [0.25, 0.3) is 0 Å². The molecular weight excluding hydrogens is 252 g/mol. The van der Waals surface area contributed by atoms with Gasteiger partial charge in [0.1, 0.15) is 5.60 Å². The SMILES string of the molecule is CC(C)(C)OC(=O)N1CCc2ccc(CN)cc2CC1. The molecule has 0 unspecified atom stereocenters. The van der Waals surface area contributed by atoms with Crippen molar-refractivity contribution >= 4 is 6.09 Å². The lowest BCUT2D eigenvalue weighted by Crippen LogP contribution is -2.38. The van der Waals surface area contributed by atoms with E-state index < -0.39 is 5.60 Å². The molecule has 0 atom stereocenters. The van der Waals surface area contributed by atoms with E-state index in [9.17, 15) is 4.79 Å². The third-order valence-electron chi connectivity index (χ3n) is 3.46. The number of nitrogens with zero attached hydrogens (tertiary/aromatic N) is 1. The molecule has 110 valence electrons. The van der Waals surface area contributed by atoms with E-state index in [-0.39, 0.29) is 6.09 Å². The van der Waals surface area contributed by atoms with E-state index in [1.54, 1.807) is 4.90 Å². The third kappa shape index (κ3) is 3.73. The van der Waals surface area contributed by atoms with Crippen molar-refractivity contribution in [3.8, 4) is 0 Å². The van der Waals surface area contributed by atoms with Gasteiger partial charge in [-0.1, -0.05) is 18.2 Å². The van der Waals surface area contributed by atoms with Crippen LogP contribution in [0, 0.1) is 0 Å². The van der Waals surface area contributed by atoms with Gasteiger partial charge in [-0.25, -0.2) is 4.79 Å². The van der Waals surface area contributed by atoms with Crippen molar-refractivity contribution < 1.29 is 9.53 Å². The zero-order valence-electron chi connectivity index (χ0n) is 12.6. The first-order chi connectivity index (χ1) is 9.39. The third-order valence-corrected chi connectivity index (χ3v) is 3.46. The summed E-state index contributed by atoms with van der Waals surface area (Å²) in [6.07, 6.45) is 1.52.